The minimum absolute atomic E-state index is 0.126. The highest BCUT2D eigenvalue weighted by molar-refractivity contribution is 7.99. The summed E-state index contributed by atoms with van der Waals surface area (Å²) in [6.45, 7) is 6.30. The SMILES string of the molecule is Cc1cc(/C(N)=N/O)cc(SCCC(C)C)n1. The normalized spacial score (nSPS) is 12.1. The van der Waals surface area contributed by atoms with Gasteiger partial charge in [0.1, 0.15) is 0 Å². The van der Waals surface area contributed by atoms with Crippen molar-refractivity contribution in [1.29, 1.82) is 0 Å². The molecule has 0 spiro atoms. The Bertz CT molecular complexity index is 405. The second-order valence-corrected chi connectivity index (χ2v) is 5.47. The maximum Gasteiger partial charge on any atom is 0.170 e. The fraction of sp³-hybridized carbons (Fsp3) is 0.500. The molecular weight excluding hydrogens is 234 g/mol. The lowest BCUT2D eigenvalue weighted by Crippen LogP contribution is -2.13. The summed E-state index contributed by atoms with van der Waals surface area (Å²) in [5.74, 6) is 1.85. The third-order valence-electron chi connectivity index (χ3n) is 2.28. The zero-order valence-corrected chi connectivity index (χ0v) is 11.3. The number of nitrogens with two attached hydrogens (primary N) is 1. The van der Waals surface area contributed by atoms with Crippen LogP contribution in [0.1, 0.15) is 31.5 Å². The van der Waals surface area contributed by atoms with Gasteiger partial charge in [0.25, 0.3) is 0 Å². The van der Waals surface area contributed by atoms with Crippen LogP contribution >= 0.6 is 11.8 Å². The molecule has 0 aliphatic carbocycles. The van der Waals surface area contributed by atoms with Crippen LogP contribution in [-0.4, -0.2) is 21.8 Å². The number of amidine groups is 1. The Hall–Kier alpha value is -1.23. The van der Waals surface area contributed by atoms with Crippen LogP contribution < -0.4 is 5.73 Å². The maximum atomic E-state index is 8.65. The topological polar surface area (TPSA) is 71.5 Å². The summed E-state index contributed by atoms with van der Waals surface area (Å²) < 4.78 is 0. The molecule has 1 aromatic heterocycles. The van der Waals surface area contributed by atoms with Crippen molar-refractivity contribution in [2.24, 2.45) is 16.8 Å². The largest absolute Gasteiger partial charge is 0.409 e. The van der Waals surface area contributed by atoms with E-state index in [1.165, 1.54) is 0 Å². The molecular formula is C12H19N3OS. The number of thioether (sulfide) groups is 1. The van der Waals surface area contributed by atoms with Crippen molar-refractivity contribution in [1.82, 2.24) is 4.98 Å². The van der Waals surface area contributed by atoms with Crippen molar-refractivity contribution >= 4 is 17.6 Å². The summed E-state index contributed by atoms with van der Waals surface area (Å²) in [6.07, 6.45) is 1.15. The quantitative estimate of drug-likeness (QED) is 0.278. The van der Waals surface area contributed by atoms with Crippen LogP contribution in [-0.2, 0) is 0 Å². The number of aromatic nitrogens is 1. The van der Waals surface area contributed by atoms with E-state index >= 15 is 0 Å². The molecule has 0 fully saturated rings. The molecule has 1 rings (SSSR count). The molecule has 3 N–H and O–H groups in total. The van der Waals surface area contributed by atoms with Gasteiger partial charge in [-0.05, 0) is 37.1 Å². The van der Waals surface area contributed by atoms with Crippen LogP contribution in [0.15, 0.2) is 22.3 Å². The van der Waals surface area contributed by atoms with Crippen LogP contribution in [0.5, 0.6) is 0 Å². The summed E-state index contributed by atoms with van der Waals surface area (Å²) in [7, 11) is 0. The first kappa shape index (κ1) is 13.8. The zero-order chi connectivity index (χ0) is 12.8. The molecule has 94 valence electrons. The smallest absolute Gasteiger partial charge is 0.170 e. The van der Waals surface area contributed by atoms with Gasteiger partial charge in [0.05, 0.1) is 5.03 Å². The number of hydrogen-bond acceptors (Lipinski definition) is 4. The summed E-state index contributed by atoms with van der Waals surface area (Å²) in [4.78, 5) is 4.42. The average molecular weight is 253 g/mol. The monoisotopic (exact) mass is 253 g/mol. The summed E-state index contributed by atoms with van der Waals surface area (Å²) in [5, 5.41) is 12.6. The Morgan fingerprint density at radius 1 is 1.53 bits per heavy atom. The lowest BCUT2D eigenvalue weighted by Gasteiger charge is -2.07. The fourth-order valence-electron chi connectivity index (χ4n) is 1.32. The Morgan fingerprint density at radius 3 is 2.82 bits per heavy atom. The standard InChI is InChI=1S/C12H19N3OS/c1-8(2)4-5-17-11-7-10(12(13)15-16)6-9(3)14-11/h6-8,16H,4-5H2,1-3H3,(H2,13,15). The van der Waals surface area contributed by atoms with Crippen molar-refractivity contribution in [2.75, 3.05) is 5.75 Å². The first-order valence-corrected chi connectivity index (χ1v) is 6.61. The molecule has 1 heterocycles. The zero-order valence-electron chi connectivity index (χ0n) is 10.5. The molecule has 4 nitrogen and oxygen atoms in total. The van der Waals surface area contributed by atoms with Gasteiger partial charge in [0.15, 0.2) is 5.84 Å². The number of aryl methyl sites for hydroxylation is 1. The van der Waals surface area contributed by atoms with Crippen molar-refractivity contribution in [2.45, 2.75) is 32.2 Å². The number of rotatable bonds is 5. The van der Waals surface area contributed by atoms with Gasteiger partial charge in [-0.1, -0.05) is 19.0 Å². The van der Waals surface area contributed by atoms with E-state index in [-0.39, 0.29) is 5.84 Å². The van der Waals surface area contributed by atoms with Crippen LogP contribution in [0.4, 0.5) is 0 Å². The highest BCUT2D eigenvalue weighted by atomic mass is 32.2. The predicted molar refractivity (Wildman–Crippen MR) is 71.7 cm³/mol. The van der Waals surface area contributed by atoms with Crippen molar-refractivity contribution in [3.05, 3.63) is 23.4 Å². The third kappa shape index (κ3) is 4.65. The molecule has 0 bridgehead atoms. The molecule has 0 saturated heterocycles. The van der Waals surface area contributed by atoms with E-state index in [4.69, 9.17) is 10.9 Å². The van der Waals surface area contributed by atoms with Crippen molar-refractivity contribution in [3.63, 3.8) is 0 Å². The van der Waals surface area contributed by atoms with Gasteiger partial charge in [0, 0.05) is 11.3 Å². The summed E-state index contributed by atoms with van der Waals surface area (Å²) >= 11 is 1.70. The highest BCUT2D eigenvalue weighted by Crippen LogP contribution is 2.20. The maximum absolute atomic E-state index is 8.65. The molecule has 0 aromatic carbocycles. The molecule has 0 atom stereocenters. The molecule has 0 saturated carbocycles. The molecule has 17 heavy (non-hydrogen) atoms. The summed E-state index contributed by atoms with van der Waals surface area (Å²) in [6, 6.07) is 3.66. The van der Waals surface area contributed by atoms with E-state index in [0.717, 1.165) is 22.9 Å². The first-order valence-electron chi connectivity index (χ1n) is 5.62. The molecule has 0 amide bonds. The second kappa shape index (κ2) is 6.49. The van der Waals surface area contributed by atoms with E-state index in [0.29, 0.717) is 11.5 Å². The van der Waals surface area contributed by atoms with Gasteiger partial charge in [-0.25, -0.2) is 4.98 Å². The third-order valence-corrected chi connectivity index (χ3v) is 3.22. The minimum Gasteiger partial charge on any atom is -0.409 e. The van der Waals surface area contributed by atoms with Gasteiger partial charge in [-0.2, -0.15) is 0 Å². The van der Waals surface area contributed by atoms with Crippen molar-refractivity contribution < 1.29 is 5.21 Å². The van der Waals surface area contributed by atoms with Gasteiger partial charge in [-0.15, -0.1) is 11.8 Å². The predicted octanol–water partition coefficient (Wildman–Crippen LogP) is 2.62. The Balaban J connectivity index is 2.76. The van der Waals surface area contributed by atoms with Gasteiger partial charge < -0.3 is 10.9 Å². The van der Waals surface area contributed by atoms with Crippen LogP contribution in [0.2, 0.25) is 0 Å². The molecule has 0 unspecified atom stereocenters. The number of pyridine rings is 1. The lowest BCUT2D eigenvalue weighted by atomic mass is 10.2. The first-order chi connectivity index (χ1) is 8.02. The number of nitrogens with zero attached hydrogens (tertiary/aromatic N) is 2. The van der Waals surface area contributed by atoms with Gasteiger partial charge >= 0.3 is 0 Å². The highest BCUT2D eigenvalue weighted by Gasteiger charge is 2.05. The van der Waals surface area contributed by atoms with Gasteiger partial charge in [-0.3, -0.25) is 0 Å². The van der Waals surface area contributed by atoms with E-state index in [2.05, 4.69) is 24.0 Å². The Kier molecular flexibility index (Phi) is 5.28. The van der Waals surface area contributed by atoms with E-state index in [9.17, 15) is 0 Å². The van der Waals surface area contributed by atoms with Crippen molar-refractivity contribution in [3.8, 4) is 0 Å². The van der Waals surface area contributed by atoms with E-state index < -0.39 is 0 Å². The number of oxime groups is 1. The Labute approximate surface area is 106 Å². The summed E-state index contributed by atoms with van der Waals surface area (Å²) in [5.41, 5.74) is 7.16. The van der Waals surface area contributed by atoms with Crippen LogP contribution in [0.25, 0.3) is 0 Å². The van der Waals surface area contributed by atoms with Crippen LogP contribution in [0.3, 0.4) is 0 Å². The Morgan fingerprint density at radius 2 is 2.24 bits per heavy atom. The minimum atomic E-state index is 0.126. The lowest BCUT2D eigenvalue weighted by molar-refractivity contribution is 0.318. The van der Waals surface area contributed by atoms with E-state index in [1.54, 1.807) is 11.8 Å². The average Bonchev–Trinajstić information content (AvgIpc) is 2.26. The molecule has 0 aliphatic heterocycles. The molecule has 5 heteroatoms. The van der Waals surface area contributed by atoms with E-state index in [1.807, 2.05) is 19.1 Å². The molecule has 1 aromatic rings. The van der Waals surface area contributed by atoms with Gasteiger partial charge in [0.2, 0.25) is 0 Å². The molecule has 0 aliphatic rings. The number of hydrogen-bond donors (Lipinski definition) is 2. The fourth-order valence-corrected chi connectivity index (χ4v) is 2.53. The molecule has 0 radical (unpaired) electrons. The second-order valence-electron chi connectivity index (χ2n) is 4.35. The van der Waals surface area contributed by atoms with Crippen LogP contribution in [0, 0.1) is 12.8 Å².